The number of nitrogens with zero attached hydrogens (tertiary/aromatic N) is 2. The quantitative estimate of drug-likeness (QED) is 0.237. The number of hydrogen-bond acceptors (Lipinski definition) is 3. The van der Waals surface area contributed by atoms with Crippen LogP contribution in [0.25, 0.3) is 11.3 Å². The molecule has 0 aliphatic carbocycles. The van der Waals surface area contributed by atoms with Gasteiger partial charge >= 0.3 is 0 Å². The summed E-state index contributed by atoms with van der Waals surface area (Å²) in [5, 5.41) is 8.25. The van der Waals surface area contributed by atoms with Gasteiger partial charge in [0.25, 0.3) is 5.91 Å². The Morgan fingerprint density at radius 2 is 1.72 bits per heavy atom. The average Bonchev–Trinajstić information content (AvgIpc) is 3.46. The fourth-order valence-corrected chi connectivity index (χ4v) is 4.91. The Morgan fingerprint density at radius 1 is 0.972 bits per heavy atom. The van der Waals surface area contributed by atoms with Crippen LogP contribution in [-0.4, -0.2) is 34.2 Å². The maximum absolute atomic E-state index is 13.6. The van der Waals surface area contributed by atoms with Crippen molar-refractivity contribution in [3.05, 3.63) is 106 Å². The monoisotopic (exact) mass is 499 g/mol. The minimum Gasteiger partial charge on any atom is -0.494 e. The molecule has 0 fully saturated rings. The molecule has 1 amide bonds. The van der Waals surface area contributed by atoms with Crippen LogP contribution in [0.4, 0.5) is 0 Å². The van der Waals surface area contributed by atoms with Crippen LogP contribution in [0.15, 0.2) is 78.9 Å². The summed E-state index contributed by atoms with van der Waals surface area (Å²) in [7, 11) is 0. The number of carbonyl (C=O) groups excluding carboxylic acids is 1. The molecule has 36 heavy (non-hydrogen) atoms. The first-order valence-electron chi connectivity index (χ1n) is 12.6. The standard InChI is InChI=1S/C30H30ClN3O2/c1-2-3-7-20-36-25-16-12-23(13-17-25)29-26-27(22-10-14-24(31)15-11-22)32-33-28(26)30(35)34(29)19-18-21-8-5-4-6-9-21/h4-6,8-17,29H,2-3,7,18-20H2,1H3,(H,32,33). The van der Waals surface area contributed by atoms with E-state index in [4.69, 9.17) is 16.3 Å². The number of aromatic nitrogens is 2. The van der Waals surface area contributed by atoms with E-state index in [0.29, 0.717) is 23.9 Å². The van der Waals surface area contributed by atoms with Crippen molar-refractivity contribution in [2.75, 3.05) is 13.2 Å². The SMILES string of the molecule is CCCCCOc1ccc(C2c3c(-c4ccc(Cl)cc4)n[nH]c3C(=O)N2CCc2ccccc2)cc1. The van der Waals surface area contributed by atoms with Gasteiger partial charge in [-0.15, -0.1) is 0 Å². The van der Waals surface area contributed by atoms with Crippen molar-refractivity contribution in [2.24, 2.45) is 0 Å². The molecule has 1 N–H and O–H groups in total. The third-order valence-corrected chi connectivity index (χ3v) is 6.93. The van der Waals surface area contributed by atoms with E-state index in [2.05, 4.69) is 41.4 Å². The highest BCUT2D eigenvalue weighted by Gasteiger charge is 2.41. The van der Waals surface area contributed by atoms with Gasteiger partial charge in [0.2, 0.25) is 0 Å². The Kier molecular flexibility index (Phi) is 7.38. The van der Waals surface area contributed by atoms with E-state index >= 15 is 0 Å². The Morgan fingerprint density at radius 3 is 2.44 bits per heavy atom. The van der Waals surface area contributed by atoms with E-state index in [-0.39, 0.29) is 11.9 Å². The second-order valence-corrected chi connectivity index (χ2v) is 9.57. The van der Waals surface area contributed by atoms with Crippen LogP contribution in [-0.2, 0) is 6.42 Å². The van der Waals surface area contributed by atoms with Crippen molar-refractivity contribution in [2.45, 2.75) is 38.6 Å². The van der Waals surface area contributed by atoms with Gasteiger partial charge in [-0.05, 0) is 48.2 Å². The number of aromatic amines is 1. The molecule has 5 rings (SSSR count). The topological polar surface area (TPSA) is 58.2 Å². The lowest BCUT2D eigenvalue weighted by Gasteiger charge is -2.26. The molecule has 0 bridgehead atoms. The summed E-state index contributed by atoms with van der Waals surface area (Å²) in [4.78, 5) is 15.5. The number of amides is 1. The van der Waals surface area contributed by atoms with Gasteiger partial charge in [-0.25, -0.2) is 0 Å². The summed E-state index contributed by atoms with van der Waals surface area (Å²) < 4.78 is 5.93. The summed E-state index contributed by atoms with van der Waals surface area (Å²) in [5.74, 6) is 0.818. The van der Waals surface area contributed by atoms with Crippen molar-refractivity contribution in [3.8, 4) is 17.0 Å². The molecule has 4 aromatic rings. The van der Waals surface area contributed by atoms with Crippen LogP contribution in [0.5, 0.6) is 5.75 Å². The van der Waals surface area contributed by atoms with Crippen LogP contribution in [0, 0.1) is 0 Å². The van der Waals surface area contributed by atoms with E-state index in [9.17, 15) is 4.79 Å². The number of ether oxygens (including phenoxy) is 1. The number of fused-ring (bicyclic) bond motifs is 1. The number of nitrogens with one attached hydrogen (secondary N) is 1. The van der Waals surface area contributed by atoms with E-state index in [0.717, 1.165) is 47.4 Å². The Balaban J connectivity index is 1.47. The first kappa shape index (κ1) is 24.1. The number of benzene rings is 3. The van der Waals surface area contributed by atoms with Gasteiger partial charge in [-0.2, -0.15) is 5.10 Å². The molecule has 1 aliphatic rings. The first-order chi connectivity index (χ1) is 17.7. The average molecular weight is 500 g/mol. The summed E-state index contributed by atoms with van der Waals surface area (Å²) in [6.45, 7) is 3.50. The second-order valence-electron chi connectivity index (χ2n) is 9.13. The molecule has 1 aromatic heterocycles. The van der Waals surface area contributed by atoms with Crippen LogP contribution < -0.4 is 4.74 Å². The zero-order valence-corrected chi connectivity index (χ0v) is 21.2. The van der Waals surface area contributed by atoms with Gasteiger partial charge in [0, 0.05) is 22.7 Å². The third-order valence-electron chi connectivity index (χ3n) is 6.68. The lowest BCUT2D eigenvalue weighted by Crippen LogP contribution is -2.31. The molecule has 0 radical (unpaired) electrons. The fraction of sp³-hybridized carbons (Fsp3) is 0.267. The molecule has 0 spiro atoms. The summed E-state index contributed by atoms with van der Waals surface area (Å²) >= 11 is 6.13. The van der Waals surface area contributed by atoms with Gasteiger partial charge in [-0.1, -0.05) is 86.0 Å². The van der Waals surface area contributed by atoms with Crippen molar-refractivity contribution < 1.29 is 9.53 Å². The smallest absolute Gasteiger partial charge is 0.273 e. The Labute approximate surface area is 217 Å². The molecule has 1 aliphatic heterocycles. The highest BCUT2D eigenvalue weighted by atomic mass is 35.5. The largest absolute Gasteiger partial charge is 0.494 e. The number of carbonyl (C=O) groups is 1. The van der Waals surface area contributed by atoms with Gasteiger partial charge in [-0.3, -0.25) is 9.89 Å². The highest BCUT2D eigenvalue weighted by molar-refractivity contribution is 6.30. The molecular formula is C30H30ClN3O2. The minimum absolute atomic E-state index is 0.0291. The molecule has 1 atom stereocenters. The lowest BCUT2D eigenvalue weighted by atomic mass is 9.96. The highest BCUT2D eigenvalue weighted by Crippen LogP contribution is 2.43. The minimum atomic E-state index is -0.241. The predicted octanol–water partition coefficient (Wildman–Crippen LogP) is 7.09. The molecule has 3 aromatic carbocycles. The van der Waals surface area contributed by atoms with Gasteiger partial charge < -0.3 is 9.64 Å². The van der Waals surface area contributed by atoms with E-state index < -0.39 is 0 Å². The summed E-state index contributed by atoms with van der Waals surface area (Å²) in [6, 6.07) is 25.7. The van der Waals surface area contributed by atoms with E-state index in [1.807, 2.05) is 59.5 Å². The Hall–Kier alpha value is -3.57. The number of rotatable bonds is 10. The van der Waals surface area contributed by atoms with E-state index in [1.165, 1.54) is 12.0 Å². The fourth-order valence-electron chi connectivity index (χ4n) is 4.78. The zero-order chi connectivity index (χ0) is 24.9. The van der Waals surface area contributed by atoms with Gasteiger partial charge in [0.1, 0.15) is 11.4 Å². The maximum Gasteiger partial charge on any atom is 0.273 e. The number of halogens is 1. The first-order valence-corrected chi connectivity index (χ1v) is 13.0. The molecule has 0 saturated heterocycles. The predicted molar refractivity (Wildman–Crippen MR) is 144 cm³/mol. The van der Waals surface area contributed by atoms with Crippen molar-refractivity contribution in [1.29, 1.82) is 0 Å². The maximum atomic E-state index is 13.6. The van der Waals surface area contributed by atoms with Crippen LogP contribution >= 0.6 is 11.6 Å². The van der Waals surface area contributed by atoms with Crippen molar-refractivity contribution in [3.63, 3.8) is 0 Å². The lowest BCUT2D eigenvalue weighted by molar-refractivity contribution is 0.0746. The summed E-state index contributed by atoms with van der Waals surface area (Å²) in [6.07, 6.45) is 4.15. The molecule has 0 saturated carbocycles. The third kappa shape index (κ3) is 5.02. The summed E-state index contributed by atoms with van der Waals surface area (Å²) in [5.41, 5.74) is 5.40. The number of H-pyrrole nitrogens is 1. The normalized spacial score (nSPS) is 14.8. The molecule has 184 valence electrons. The van der Waals surface area contributed by atoms with E-state index in [1.54, 1.807) is 0 Å². The van der Waals surface area contributed by atoms with Crippen molar-refractivity contribution >= 4 is 17.5 Å². The number of unbranched alkanes of at least 4 members (excludes halogenated alkanes) is 2. The van der Waals surface area contributed by atoms with Crippen LogP contribution in [0.3, 0.4) is 0 Å². The van der Waals surface area contributed by atoms with Gasteiger partial charge in [0.15, 0.2) is 0 Å². The van der Waals surface area contributed by atoms with Gasteiger partial charge in [0.05, 0.1) is 18.3 Å². The molecule has 5 nitrogen and oxygen atoms in total. The Bertz CT molecular complexity index is 1300. The number of hydrogen-bond donors (Lipinski definition) is 1. The van der Waals surface area contributed by atoms with Crippen LogP contribution in [0.2, 0.25) is 5.02 Å². The zero-order valence-electron chi connectivity index (χ0n) is 20.4. The van der Waals surface area contributed by atoms with Crippen LogP contribution in [0.1, 0.15) is 59.4 Å². The molecule has 2 heterocycles. The molecule has 1 unspecified atom stereocenters. The van der Waals surface area contributed by atoms with Crippen molar-refractivity contribution in [1.82, 2.24) is 15.1 Å². The molecule has 6 heteroatoms. The second kappa shape index (κ2) is 11.0. The molecular weight excluding hydrogens is 470 g/mol.